The number of rotatable bonds is 8. The number of hydrogen-bond donors (Lipinski definition) is 2. The molecule has 1 atom stereocenters. The molecule has 3 aromatic rings. The van der Waals surface area contributed by atoms with E-state index < -0.39 is 23.9 Å². The van der Waals surface area contributed by atoms with Crippen LogP contribution in [0.15, 0.2) is 60.7 Å². The maximum absolute atomic E-state index is 12.5. The fourth-order valence-corrected chi connectivity index (χ4v) is 3.09. The number of amides is 2. The number of esters is 1. The van der Waals surface area contributed by atoms with Crippen molar-refractivity contribution in [3.63, 3.8) is 0 Å². The van der Waals surface area contributed by atoms with Gasteiger partial charge in [0.1, 0.15) is 6.54 Å². The average molecular weight is 436 g/mol. The van der Waals surface area contributed by atoms with E-state index in [4.69, 9.17) is 14.2 Å². The quantitative estimate of drug-likeness (QED) is 0.526. The second-order valence-electron chi connectivity index (χ2n) is 6.90. The first-order chi connectivity index (χ1) is 15.4. The first-order valence-electron chi connectivity index (χ1n) is 9.91. The molecule has 8 heteroatoms. The van der Waals surface area contributed by atoms with Crippen molar-refractivity contribution in [3.05, 3.63) is 66.2 Å². The Morgan fingerprint density at radius 2 is 1.62 bits per heavy atom. The van der Waals surface area contributed by atoms with Crippen LogP contribution in [0, 0.1) is 0 Å². The Balaban J connectivity index is 1.54. The van der Waals surface area contributed by atoms with Crippen molar-refractivity contribution in [2.45, 2.75) is 13.0 Å². The minimum absolute atomic E-state index is 0.289. The lowest BCUT2D eigenvalue weighted by molar-refractivity contribution is -0.152. The van der Waals surface area contributed by atoms with Gasteiger partial charge in [-0.2, -0.15) is 0 Å². The van der Waals surface area contributed by atoms with E-state index in [1.54, 1.807) is 18.2 Å². The zero-order valence-corrected chi connectivity index (χ0v) is 18.0. The maximum atomic E-state index is 12.5. The molecule has 0 bridgehead atoms. The summed E-state index contributed by atoms with van der Waals surface area (Å²) >= 11 is 0. The van der Waals surface area contributed by atoms with Crippen molar-refractivity contribution >= 4 is 34.2 Å². The monoisotopic (exact) mass is 436 g/mol. The summed E-state index contributed by atoms with van der Waals surface area (Å²) in [5.74, 6) is -0.827. The van der Waals surface area contributed by atoms with Crippen molar-refractivity contribution in [2.75, 3.05) is 26.1 Å². The molecular formula is C24H24N2O6. The molecule has 3 rings (SSSR count). The zero-order valence-electron chi connectivity index (χ0n) is 18.0. The SMILES string of the molecule is COc1ccc(C(=O)NCC(=O)OC(C)C(=O)Nc2cccc3ccccc23)cc1OC. The van der Waals surface area contributed by atoms with Crippen LogP contribution in [0.25, 0.3) is 10.8 Å². The summed E-state index contributed by atoms with van der Waals surface area (Å²) in [5, 5.41) is 7.10. The van der Waals surface area contributed by atoms with Gasteiger partial charge in [0.05, 0.1) is 14.2 Å². The van der Waals surface area contributed by atoms with E-state index in [-0.39, 0.29) is 12.1 Å². The molecule has 0 aliphatic carbocycles. The van der Waals surface area contributed by atoms with Crippen LogP contribution in [0.4, 0.5) is 5.69 Å². The molecule has 3 aromatic carbocycles. The van der Waals surface area contributed by atoms with Crippen molar-refractivity contribution in [1.29, 1.82) is 0 Å². The number of methoxy groups -OCH3 is 2. The molecule has 8 nitrogen and oxygen atoms in total. The molecular weight excluding hydrogens is 412 g/mol. The average Bonchev–Trinajstić information content (AvgIpc) is 2.82. The molecule has 0 aliphatic heterocycles. The lowest BCUT2D eigenvalue weighted by Gasteiger charge is -2.15. The summed E-state index contributed by atoms with van der Waals surface area (Å²) < 4.78 is 15.5. The molecule has 0 radical (unpaired) electrons. The van der Waals surface area contributed by atoms with E-state index in [9.17, 15) is 14.4 Å². The predicted octanol–water partition coefficient (Wildman–Crippen LogP) is 3.16. The van der Waals surface area contributed by atoms with Crippen LogP contribution in [0.5, 0.6) is 11.5 Å². The van der Waals surface area contributed by atoms with Crippen molar-refractivity contribution in [2.24, 2.45) is 0 Å². The smallest absolute Gasteiger partial charge is 0.326 e. The molecule has 0 aromatic heterocycles. The second-order valence-corrected chi connectivity index (χ2v) is 6.90. The third-order valence-electron chi connectivity index (χ3n) is 4.76. The standard InChI is InChI=1S/C24H24N2O6/c1-15(23(28)26-19-10-6-8-16-7-4-5-9-18(16)19)32-22(27)14-25-24(29)17-11-12-20(30-2)21(13-17)31-3/h4-13,15H,14H2,1-3H3,(H,25,29)(H,26,28). The van der Waals surface area contributed by atoms with Gasteiger partial charge in [-0.25, -0.2) is 0 Å². The molecule has 0 aliphatic rings. The van der Waals surface area contributed by atoms with Gasteiger partial charge < -0.3 is 24.8 Å². The Morgan fingerprint density at radius 3 is 2.38 bits per heavy atom. The summed E-state index contributed by atoms with van der Waals surface area (Å²) in [7, 11) is 2.95. The Morgan fingerprint density at radius 1 is 0.906 bits per heavy atom. The Hall–Kier alpha value is -4.07. The van der Waals surface area contributed by atoms with Gasteiger partial charge in [0.2, 0.25) is 0 Å². The lowest BCUT2D eigenvalue weighted by Crippen LogP contribution is -2.35. The molecule has 0 spiro atoms. The van der Waals surface area contributed by atoms with Crippen LogP contribution in [-0.4, -0.2) is 44.7 Å². The molecule has 166 valence electrons. The minimum Gasteiger partial charge on any atom is -0.493 e. The topological polar surface area (TPSA) is 103 Å². The highest BCUT2D eigenvalue weighted by molar-refractivity contribution is 6.04. The van der Waals surface area contributed by atoms with E-state index >= 15 is 0 Å². The maximum Gasteiger partial charge on any atom is 0.326 e. The van der Waals surface area contributed by atoms with Crippen molar-refractivity contribution < 1.29 is 28.6 Å². The largest absolute Gasteiger partial charge is 0.493 e. The number of ether oxygens (including phenoxy) is 3. The fourth-order valence-electron chi connectivity index (χ4n) is 3.09. The van der Waals surface area contributed by atoms with E-state index in [0.717, 1.165) is 10.8 Å². The summed E-state index contributed by atoms with van der Waals surface area (Å²) in [6, 6.07) is 17.8. The number of fused-ring (bicyclic) bond motifs is 1. The highest BCUT2D eigenvalue weighted by Crippen LogP contribution is 2.27. The van der Waals surface area contributed by atoms with E-state index in [1.165, 1.54) is 27.2 Å². The van der Waals surface area contributed by atoms with Crippen molar-refractivity contribution in [1.82, 2.24) is 5.32 Å². The molecule has 0 fully saturated rings. The first kappa shape index (κ1) is 22.6. The molecule has 0 heterocycles. The van der Waals surface area contributed by atoms with E-state index in [1.807, 2.05) is 36.4 Å². The molecule has 2 N–H and O–H groups in total. The number of carbonyl (C=O) groups is 3. The highest BCUT2D eigenvalue weighted by atomic mass is 16.5. The van der Waals surface area contributed by atoms with Crippen LogP contribution in [0.3, 0.4) is 0 Å². The van der Waals surface area contributed by atoms with Crippen LogP contribution in [-0.2, 0) is 14.3 Å². The van der Waals surface area contributed by atoms with Gasteiger partial charge in [-0.3, -0.25) is 14.4 Å². The van der Waals surface area contributed by atoms with Crippen LogP contribution in [0.2, 0.25) is 0 Å². The normalized spacial score (nSPS) is 11.3. The fraction of sp³-hybridized carbons (Fsp3) is 0.208. The lowest BCUT2D eigenvalue weighted by atomic mass is 10.1. The summed E-state index contributed by atoms with van der Waals surface area (Å²) in [6.07, 6.45) is -1.04. The van der Waals surface area contributed by atoms with Gasteiger partial charge in [0.15, 0.2) is 17.6 Å². The van der Waals surface area contributed by atoms with E-state index in [0.29, 0.717) is 17.2 Å². The highest BCUT2D eigenvalue weighted by Gasteiger charge is 2.19. The van der Waals surface area contributed by atoms with Crippen LogP contribution >= 0.6 is 0 Å². The summed E-state index contributed by atoms with van der Waals surface area (Å²) in [6.45, 7) is 1.08. The van der Waals surface area contributed by atoms with Crippen molar-refractivity contribution in [3.8, 4) is 11.5 Å². The molecule has 2 amide bonds. The van der Waals surface area contributed by atoms with Gasteiger partial charge in [-0.05, 0) is 36.6 Å². The van der Waals surface area contributed by atoms with E-state index in [2.05, 4.69) is 10.6 Å². The Labute approximate surface area is 185 Å². The third-order valence-corrected chi connectivity index (χ3v) is 4.76. The Bertz CT molecular complexity index is 1140. The second kappa shape index (κ2) is 10.3. The van der Waals surface area contributed by atoms with Gasteiger partial charge in [-0.15, -0.1) is 0 Å². The van der Waals surface area contributed by atoms with Gasteiger partial charge in [0, 0.05) is 16.6 Å². The summed E-state index contributed by atoms with van der Waals surface area (Å²) in [4.78, 5) is 36.9. The predicted molar refractivity (Wildman–Crippen MR) is 120 cm³/mol. The number of benzene rings is 3. The Kier molecular flexibility index (Phi) is 7.28. The molecule has 0 saturated heterocycles. The summed E-state index contributed by atoms with van der Waals surface area (Å²) in [5.41, 5.74) is 0.912. The van der Waals surface area contributed by atoms with Gasteiger partial charge >= 0.3 is 5.97 Å². The first-order valence-corrected chi connectivity index (χ1v) is 9.91. The number of nitrogens with one attached hydrogen (secondary N) is 2. The number of hydrogen-bond acceptors (Lipinski definition) is 6. The van der Waals surface area contributed by atoms with Gasteiger partial charge in [-0.1, -0.05) is 36.4 Å². The molecule has 0 saturated carbocycles. The van der Waals surface area contributed by atoms with Gasteiger partial charge in [0.25, 0.3) is 11.8 Å². The number of carbonyl (C=O) groups excluding carboxylic acids is 3. The minimum atomic E-state index is -1.04. The third kappa shape index (κ3) is 5.34. The molecule has 32 heavy (non-hydrogen) atoms. The van der Waals surface area contributed by atoms with Crippen LogP contribution in [0.1, 0.15) is 17.3 Å². The zero-order chi connectivity index (χ0) is 23.1. The van der Waals surface area contributed by atoms with Crippen LogP contribution < -0.4 is 20.1 Å². The molecule has 1 unspecified atom stereocenters. The number of anilines is 1.